The van der Waals surface area contributed by atoms with Gasteiger partial charge in [0.15, 0.2) is 0 Å². The number of aromatic nitrogens is 1. The Morgan fingerprint density at radius 1 is 1.19 bits per heavy atom. The second-order valence-corrected chi connectivity index (χ2v) is 5.43. The van der Waals surface area contributed by atoms with Crippen molar-refractivity contribution in [3.05, 3.63) is 59.9 Å². The lowest BCUT2D eigenvalue weighted by atomic mass is 10.0. The zero-order valence-corrected chi connectivity index (χ0v) is 12.1. The highest BCUT2D eigenvalue weighted by Gasteiger charge is 2.29. The number of nitrogens with one attached hydrogen (secondary N) is 1. The fourth-order valence-corrected chi connectivity index (χ4v) is 2.78. The minimum Gasteiger partial charge on any atom is -0.317 e. The molecular weight excluding hydrogens is 262 g/mol. The molecule has 0 spiro atoms. The van der Waals surface area contributed by atoms with Crippen molar-refractivity contribution in [3.8, 4) is 0 Å². The first kappa shape index (κ1) is 13.6. The molecule has 1 fully saturated rings. The molecule has 2 amide bonds. The molecular formula is C17H19N3O. The van der Waals surface area contributed by atoms with Gasteiger partial charge >= 0.3 is 6.03 Å². The fourth-order valence-electron chi connectivity index (χ4n) is 2.78. The lowest BCUT2D eigenvalue weighted by Crippen LogP contribution is -2.34. The van der Waals surface area contributed by atoms with E-state index >= 15 is 0 Å². The predicted octanol–water partition coefficient (Wildman–Crippen LogP) is 3.76. The SMILES string of the molecule is Cc1ccc(C2CCCN2C(=O)Nc2ccncc2)cc1. The summed E-state index contributed by atoms with van der Waals surface area (Å²) in [6.07, 6.45) is 5.42. The maximum absolute atomic E-state index is 12.5. The molecule has 4 nitrogen and oxygen atoms in total. The number of urea groups is 1. The molecule has 1 aromatic heterocycles. The third-order valence-electron chi connectivity index (χ3n) is 3.91. The molecule has 1 unspecified atom stereocenters. The summed E-state index contributed by atoms with van der Waals surface area (Å²) in [6, 6.07) is 12.2. The normalized spacial score (nSPS) is 17.8. The summed E-state index contributed by atoms with van der Waals surface area (Å²) in [5.41, 5.74) is 3.23. The van der Waals surface area contributed by atoms with Gasteiger partial charge in [-0.25, -0.2) is 4.79 Å². The molecule has 0 saturated carbocycles. The molecule has 1 aliphatic heterocycles. The van der Waals surface area contributed by atoms with Gasteiger partial charge in [-0.1, -0.05) is 29.8 Å². The number of carbonyl (C=O) groups excluding carboxylic acids is 1. The van der Waals surface area contributed by atoms with Crippen LogP contribution in [0.2, 0.25) is 0 Å². The highest BCUT2D eigenvalue weighted by Crippen LogP contribution is 2.32. The topological polar surface area (TPSA) is 45.2 Å². The van der Waals surface area contributed by atoms with Crippen molar-refractivity contribution in [2.75, 3.05) is 11.9 Å². The molecule has 4 heteroatoms. The average Bonchev–Trinajstić information content (AvgIpc) is 2.98. The Kier molecular flexibility index (Phi) is 3.86. The number of nitrogens with zero attached hydrogens (tertiary/aromatic N) is 2. The highest BCUT2D eigenvalue weighted by atomic mass is 16.2. The van der Waals surface area contributed by atoms with E-state index in [1.165, 1.54) is 11.1 Å². The lowest BCUT2D eigenvalue weighted by Gasteiger charge is -2.25. The Morgan fingerprint density at radius 3 is 2.62 bits per heavy atom. The molecule has 1 aromatic carbocycles. The van der Waals surface area contributed by atoms with Crippen LogP contribution in [0.3, 0.4) is 0 Å². The fraction of sp³-hybridized carbons (Fsp3) is 0.294. The first-order chi connectivity index (χ1) is 10.2. The van der Waals surface area contributed by atoms with E-state index in [0.29, 0.717) is 0 Å². The molecule has 1 N–H and O–H groups in total. The maximum Gasteiger partial charge on any atom is 0.322 e. The molecule has 2 heterocycles. The maximum atomic E-state index is 12.5. The van der Waals surface area contributed by atoms with Gasteiger partial charge in [0.05, 0.1) is 6.04 Å². The molecule has 0 aliphatic carbocycles. The van der Waals surface area contributed by atoms with Crippen LogP contribution in [0, 0.1) is 6.92 Å². The summed E-state index contributed by atoms with van der Waals surface area (Å²) in [5, 5.41) is 2.94. The van der Waals surface area contributed by atoms with Crippen LogP contribution in [-0.4, -0.2) is 22.5 Å². The smallest absolute Gasteiger partial charge is 0.317 e. The van der Waals surface area contributed by atoms with Crippen LogP contribution in [-0.2, 0) is 0 Å². The Bertz CT molecular complexity index is 610. The molecule has 1 atom stereocenters. The number of rotatable bonds is 2. The number of likely N-dealkylation sites (tertiary alicyclic amines) is 1. The zero-order chi connectivity index (χ0) is 14.7. The Morgan fingerprint density at radius 2 is 1.90 bits per heavy atom. The van der Waals surface area contributed by atoms with Crippen molar-refractivity contribution in [1.82, 2.24) is 9.88 Å². The number of pyridine rings is 1. The quantitative estimate of drug-likeness (QED) is 0.911. The van der Waals surface area contributed by atoms with Crippen LogP contribution in [0.5, 0.6) is 0 Å². The van der Waals surface area contributed by atoms with Gasteiger partial charge in [0.2, 0.25) is 0 Å². The number of hydrogen-bond donors (Lipinski definition) is 1. The summed E-state index contributed by atoms with van der Waals surface area (Å²) in [5.74, 6) is 0. The van der Waals surface area contributed by atoms with E-state index in [2.05, 4.69) is 41.5 Å². The van der Waals surface area contributed by atoms with Crippen LogP contribution in [0.1, 0.15) is 30.0 Å². The van der Waals surface area contributed by atoms with Gasteiger partial charge in [-0.15, -0.1) is 0 Å². The number of amides is 2. The van der Waals surface area contributed by atoms with Gasteiger partial charge < -0.3 is 10.2 Å². The number of hydrogen-bond acceptors (Lipinski definition) is 2. The first-order valence-electron chi connectivity index (χ1n) is 7.28. The monoisotopic (exact) mass is 281 g/mol. The van der Waals surface area contributed by atoms with E-state index in [0.717, 1.165) is 25.1 Å². The lowest BCUT2D eigenvalue weighted by molar-refractivity contribution is 0.207. The second kappa shape index (κ2) is 5.95. The van der Waals surface area contributed by atoms with E-state index in [4.69, 9.17) is 0 Å². The molecule has 108 valence electrons. The van der Waals surface area contributed by atoms with Crippen LogP contribution in [0.25, 0.3) is 0 Å². The third-order valence-corrected chi connectivity index (χ3v) is 3.91. The van der Waals surface area contributed by atoms with Gasteiger partial charge in [0.25, 0.3) is 0 Å². The van der Waals surface area contributed by atoms with Crippen LogP contribution in [0.4, 0.5) is 10.5 Å². The summed E-state index contributed by atoms with van der Waals surface area (Å²) >= 11 is 0. The summed E-state index contributed by atoms with van der Waals surface area (Å²) in [4.78, 5) is 18.3. The van der Waals surface area contributed by atoms with Gasteiger partial charge in [-0.05, 0) is 37.5 Å². The number of carbonyl (C=O) groups is 1. The van der Waals surface area contributed by atoms with Gasteiger partial charge in [-0.3, -0.25) is 4.98 Å². The van der Waals surface area contributed by atoms with E-state index in [-0.39, 0.29) is 12.1 Å². The highest BCUT2D eigenvalue weighted by molar-refractivity contribution is 5.89. The summed E-state index contributed by atoms with van der Waals surface area (Å²) in [7, 11) is 0. The Hall–Kier alpha value is -2.36. The molecule has 21 heavy (non-hydrogen) atoms. The minimum atomic E-state index is -0.0377. The van der Waals surface area contributed by atoms with Crippen molar-refractivity contribution in [3.63, 3.8) is 0 Å². The summed E-state index contributed by atoms with van der Waals surface area (Å²) < 4.78 is 0. The van der Waals surface area contributed by atoms with Crippen molar-refractivity contribution in [1.29, 1.82) is 0 Å². The Balaban J connectivity index is 1.74. The van der Waals surface area contributed by atoms with Crippen LogP contribution < -0.4 is 5.32 Å². The van der Waals surface area contributed by atoms with Crippen molar-refractivity contribution in [2.24, 2.45) is 0 Å². The van der Waals surface area contributed by atoms with E-state index in [1.54, 1.807) is 24.5 Å². The van der Waals surface area contributed by atoms with E-state index in [1.807, 2.05) is 4.90 Å². The molecule has 0 radical (unpaired) electrons. The predicted molar refractivity (Wildman–Crippen MR) is 83.1 cm³/mol. The first-order valence-corrected chi connectivity index (χ1v) is 7.28. The average molecular weight is 281 g/mol. The van der Waals surface area contributed by atoms with Crippen molar-refractivity contribution < 1.29 is 4.79 Å². The molecule has 0 bridgehead atoms. The van der Waals surface area contributed by atoms with Gasteiger partial charge in [0.1, 0.15) is 0 Å². The number of anilines is 1. The standard InChI is InChI=1S/C17H19N3O/c1-13-4-6-14(7-5-13)16-3-2-12-20(16)17(21)19-15-8-10-18-11-9-15/h4-11,16H,2-3,12H2,1H3,(H,18,19,21). The van der Waals surface area contributed by atoms with Gasteiger partial charge in [-0.2, -0.15) is 0 Å². The second-order valence-electron chi connectivity index (χ2n) is 5.43. The number of aryl methyl sites for hydroxylation is 1. The molecule has 2 aromatic rings. The van der Waals surface area contributed by atoms with Crippen molar-refractivity contribution in [2.45, 2.75) is 25.8 Å². The molecule has 3 rings (SSSR count). The van der Waals surface area contributed by atoms with Gasteiger partial charge in [0, 0.05) is 24.6 Å². The zero-order valence-electron chi connectivity index (χ0n) is 12.1. The summed E-state index contributed by atoms with van der Waals surface area (Å²) in [6.45, 7) is 2.88. The van der Waals surface area contributed by atoms with E-state index < -0.39 is 0 Å². The molecule has 1 aliphatic rings. The third kappa shape index (κ3) is 3.05. The molecule has 1 saturated heterocycles. The van der Waals surface area contributed by atoms with Crippen LogP contribution in [0.15, 0.2) is 48.8 Å². The Labute approximate surface area is 124 Å². The van der Waals surface area contributed by atoms with Crippen molar-refractivity contribution >= 4 is 11.7 Å². The van der Waals surface area contributed by atoms with E-state index in [9.17, 15) is 4.79 Å². The van der Waals surface area contributed by atoms with Crippen LogP contribution >= 0.6 is 0 Å². The number of benzene rings is 1. The minimum absolute atomic E-state index is 0.0377. The largest absolute Gasteiger partial charge is 0.322 e.